The fraction of sp³-hybridized carbons (Fsp3) is 0.581. The average molecular weight is 467 g/mol. The first-order valence-electron chi connectivity index (χ1n) is 13.6. The minimum atomic E-state index is -1.45. The fourth-order valence-electron chi connectivity index (χ4n) is 4.96. The average Bonchev–Trinajstić information content (AvgIpc) is 2.87. The molecule has 1 saturated carbocycles. The van der Waals surface area contributed by atoms with Gasteiger partial charge in [-0.05, 0) is 86.0 Å². The minimum Gasteiger partial charge on any atom is -0.460 e. The molecule has 0 N–H and O–H groups in total. The Morgan fingerprint density at radius 2 is 1.38 bits per heavy atom. The van der Waals surface area contributed by atoms with Crippen molar-refractivity contribution >= 4 is 5.97 Å². The second kappa shape index (κ2) is 14.3. The van der Waals surface area contributed by atoms with E-state index in [2.05, 4.69) is 55.5 Å². The highest BCUT2D eigenvalue weighted by Crippen LogP contribution is 2.30. The van der Waals surface area contributed by atoms with Crippen molar-refractivity contribution in [3.8, 4) is 11.1 Å². The van der Waals surface area contributed by atoms with Crippen LogP contribution in [0, 0.1) is 5.92 Å². The molecule has 0 radical (unpaired) electrons. The summed E-state index contributed by atoms with van der Waals surface area (Å²) in [4.78, 5) is 11.9. The number of carbonyl (C=O) groups excluding carboxylic acids is 1. The molecule has 0 unspecified atom stereocenters. The Kier molecular flexibility index (Phi) is 11.1. The van der Waals surface area contributed by atoms with Gasteiger partial charge in [0, 0.05) is 0 Å². The first kappa shape index (κ1) is 26.4. The number of esters is 1. The zero-order chi connectivity index (χ0) is 24.2. The Morgan fingerprint density at radius 1 is 0.824 bits per heavy atom. The van der Waals surface area contributed by atoms with Crippen LogP contribution < -0.4 is 0 Å². The molecule has 2 aromatic rings. The molecule has 0 aromatic heterocycles. The second-order valence-corrected chi connectivity index (χ2v) is 10.1. The zero-order valence-electron chi connectivity index (χ0n) is 21.2. The summed E-state index contributed by atoms with van der Waals surface area (Å²) < 4.78 is 19.3. The zero-order valence-corrected chi connectivity index (χ0v) is 21.2. The standard InChI is InChI=1S/C31H43FO2/c1-3-5-7-8-24-12-18-27(19-13-24)28-20-14-25(15-21-28)10-11-26-16-22-29(23-17-26)34-31(33)30(32)9-6-4-2/h12-15,18-21,26,29-30H,3-11,16-17,22-23H2,1-2H3/t26?,29?,30-/m0/s1. The van der Waals surface area contributed by atoms with Gasteiger partial charge in [-0.1, -0.05) is 88.1 Å². The van der Waals surface area contributed by atoms with E-state index >= 15 is 0 Å². The van der Waals surface area contributed by atoms with Crippen LogP contribution in [0.25, 0.3) is 11.1 Å². The number of unbranched alkanes of at least 4 members (excludes halogenated alkanes) is 3. The van der Waals surface area contributed by atoms with Gasteiger partial charge in [0.1, 0.15) is 6.10 Å². The Morgan fingerprint density at radius 3 is 1.94 bits per heavy atom. The first-order valence-corrected chi connectivity index (χ1v) is 13.6. The molecule has 0 amide bonds. The molecule has 3 rings (SSSR count). The van der Waals surface area contributed by atoms with E-state index in [1.165, 1.54) is 47.9 Å². The summed E-state index contributed by atoms with van der Waals surface area (Å²) in [6.45, 7) is 4.25. The lowest BCUT2D eigenvalue weighted by Gasteiger charge is -2.28. The molecule has 0 bridgehead atoms. The summed E-state index contributed by atoms with van der Waals surface area (Å²) in [5, 5.41) is 0. The number of benzene rings is 2. The molecule has 0 aliphatic heterocycles. The third-order valence-electron chi connectivity index (χ3n) is 7.29. The van der Waals surface area contributed by atoms with Crippen molar-refractivity contribution in [2.45, 2.75) is 110 Å². The Labute approximate surface area is 206 Å². The molecule has 0 spiro atoms. The number of aryl methyl sites for hydroxylation is 2. The van der Waals surface area contributed by atoms with E-state index in [0.717, 1.165) is 51.4 Å². The molecule has 1 atom stereocenters. The monoisotopic (exact) mass is 466 g/mol. The summed E-state index contributed by atoms with van der Waals surface area (Å²) in [6.07, 6.45) is 11.5. The molecule has 1 aliphatic rings. The number of ether oxygens (including phenoxy) is 1. The lowest BCUT2D eigenvalue weighted by atomic mass is 9.83. The summed E-state index contributed by atoms with van der Waals surface area (Å²) in [5.74, 6) is 0.0132. The summed E-state index contributed by atoms with van der Waals surface area (Å²) in [5.41, 5.74) is 5.36. The molecular weight excluding hydrogens is 423 g/mol. The summed E-state index contributed by atoms with van der Waals surface area (Å²) in [6, 6.07) is 18.0. The second-order valence-electron chi connectivity index (χ2n) is 10.1. The largest absolute Gasteiger partial charge is 0.460 e. The van der Waals surface area contributed by atoms with E-state index in [0.29, 0.717) is 5.92 Å². The number of halogens is 1. The highest BCUT2D eigenvalue weighted by atomic mass is 19.1. The van der Waals surface area contributed by atoms with Gasteiger partial charge in [-0.25, -0.2) is 9.18 Å². The van der Waals surface area contributed by atoms with Crippen LogP contribution in [0.15, 0.2) is 48.5 Å². The molecule has 1 fully saturated rings. The Bertz CT molecular complexity index is 835. The smallest absolute Gasteiger partial charge is 0.340 e. The number of rotatable bonds is 13. The topological polar surface area (TPSA) is 26.3 Å². The van der Waals surface area contributed by atoms with Crippen molar-refractivity contribution in [1.29, 1.82) is 0 Å². The predicted molar refractivity (Wildman–Crippen MR) is 140 cm³/mol. The van der Waals surface area contributed by atoms with Gasteiger partial charge in [0.05, 0.1) is 0 Å². The van der Waals surface area contributed by atoms with Crippen LogP contribution in [0.3, 0.4) is 0 Å². The van der Waals surface area contributed by atoms with Gasteiger partial charge in [0.25, 0.3) is 0 Å². The lowest BCUT2D eigenvalue weighted by Crippen LogP contribution is -2.29. The molecule has 3 heteroatoms. The van der Waals surface area contributed by atoms with E-state index < -0.39 is 12.1 Å². The molecule has 0 heterocycles. The van der Waals surface area contributed by atoms with E-state index in [1.54, 1.807) is 0 Å². The molecule has 34 heavy (non-hydrogen) atoms. The Hall–Kier alpha value is -2.16. The first-order chi connectivity index (χ1) is 16.6. The van der Waals surface area contributed by atoms with Gasteiger partial charge < -0.3 is 4.74 Å². The fourth-order valence-corrected chi connectivity index (χ4v) is 4.96. The van der Waals surface area contributed by atoms with Crippen LogP contribution in [0.5, 0.6) is 0 Å². The third kappa shape index (κ3) is 8.56. The maximum Gasteiger partial charge on any atom is 0.340 e. The van der Waals surface area contributed by atoms with E-state index in [1.807, 2.05) is 6.92 Å². The normalized spacial score (nSPS) is 19.0. The molecule has 186 valence electrons. The van der Waals surface area contributed by atoms with Crippen LogP contribution >= 0.6 is 0 Å². The van der Waals surface area contributed by atoms with Crippen molar-refractivity contribution < 1.29 is 13.9 Å². The number of hydrogen-bond donors (Lipinski definition) is 0. The maximum absolute atomic E-state index is 13.9. The van der Waals surface area contributed by atoms with Crippen molar-refractivity contribution in [3.05, 3.63) is 59.7 Å². The molecule has 2 nitrogen and oxygen atoms in total. The Balaban J connectivity index is 1.38. The van der Waals surface area contributed by atoms with E-state index in [9.17, 15) is 9.18 Å². The van der Waals surface area contributed by atoms with Gasteiger partial charge >= 0.3 is 5.97 Å². The SMILES string of the molecule is CCCCCc1ccc(-c2ccc(CCC3CCC(OC(=O)[C@@H](F)CCCC)CC3)cc2)cc1. The van der Waals surface area contributed by atoms with Gasteiger partial charge in [0.2, 0.25) is 0 Å². The van der Waals surface area contributed by atoms with Gasteiger partial charge in [-0.15, -0.1) is 0 Å². The highest BCUT2D eigenvalue weighted by Gasteiger charge is 2.27. The van der Waals surface area contributed by atoms with E-state index in [-0.39, 0.29) is 12.5 Å². The van der Waals surface area contributed by atoms with Crippen molar-refractivity contribution in [1.82, 2.24) is 0 Å². The molecule has 2 aromatic carbocycles. The quantitative estimate of drug-likeness (QED) is 0.218. The van der Waals surface area contributed by atoms with Crippen LogP contribution in [-0.4, -0.2) is 18.2 Å². The lowest BCUT2D eigenvalue weighted by molar-refractivity contribution is -0.157. The minimum absolute atomic E-state index is 0.0963. The van der Waals surface area contributed by atoms with Crippen molar-refractivity contribution in [3.63, 3.8) is 0 Å². The van der Waals surface area contributed by atoms with Crippen molar-refractivity contribution in [2.75, 3.05) is 0 Å². The van der Waals surface area contributed by atoms with Crippen LogP contribution in [0.1, 0.15) is 95.6 Å². The van der Waals surface area contributed by atoms with Crippen LogP contribution in [0.2, 0.25) is 0 Å². The number of hydrogen-bond acceptors (Lipinski definition) is 2. The predicted octanol–water partition coefficient (Wildman–Crippen LogP) is 8.65. The van der Waals surface area contributed by atoms with Crippen LogP contribution in [-0.2, 0) is 22.4 Å². The third-order valence-corrected chi connectivity index (χ3v) is 7.29. The molecule has 0 saturated heterocycles. The molecule has 1 aliphatic carbocycles. The summed E-state index contributed by atoms with van der Waals surface area (Å²) in [7, 11) is 0. The number of alkyl halides is 1. The highest BCUT2D eigenvalue weighted by molar-refractivity contribution is 5.74. The van der Waals surface area contributed by atoms with Gasteiger partial charge in [-0.2, -0.15) is 0 Å². The molecular formula is C31H43FO2. The number of carbonyl (C=O) groups is 1. The van der Waals surface area contributed by atoms with Crippen LogP contribution in [0.4, 0.5) is 4.39 Å². The van der Waals surface area contributed by atoms with Crippen molar-refractivity contribution in [2.24, 2.45) is 5.92 Å². The van der Waals surface area contributed by atoms with E-state index in [4.69, 9.17) is 4.74 Å². The van der Waals surface area contributed by atoms with Gasteiger partial charge in [0.15, 0.2) is 6.17 Å². The maximum atomic E-state index is 13.9. The summed E-state index contributed by atoms with van der Waals surface area (Å²) >= 11 is 0. The van der Waals surface area contributed by atoms with Gasteiger partial charge in [-0.3, -0.25) is 0 Å².